The summed E-state index contributed by atoms with van der Waals surface area (Å²) in [4.78, 5) is 23.2. The van der Waals surface area contributed by atoms with Gasteiger partial charge < -0.3 is 10.4 Å². The average molecular weight is 333 g/mol. The molecule has 1 aromatic rings. The maximum Gasteiger partial charge on any atom is 0.416 e. The third kappa shape index (κ3) is 3.62. The molecule has 1 aromatic carbocycles. The van der Waals surface area contributed by atoms with E-state index in [0.29, 0.717) is 25.0 Å². The number of hydrogen-bond acceptors (Lipinski definition) is 2. The smallest absolute Gasteiger partial charge is 0.416 e. The summed E-state index contributed by atoms with van der Waals surface area (Å²) in [6, 6.07) is 3.10. The van der Waals surface area contributed by atoms with Crippen LogP contribution >= 0.6 is 0 Å². The summed E-state index contributed by atoms with van der Waals surface area (Å²) in [6.07, 6.45) is -5.17. The minimum Gasteiger partial charge on any atom is -0.480 e. The lowest BCUT2D eigenvalue weighted by Gasteiger charge is -2.26. The van der Waals surface area contributed by atoms with E-state index >= 15 is 0 Å². The number of carbonyl (C=O) groups is 2. The van der Waals surface area contributed by atoms with Crippen molar-refractivity contribution in [2.45, 2.75) is 43.6 Å². The number of carboxylic acid groups (broad SMARTS) is 1. The number of amides is 1. The summed E-state index contributed by atoms with van der Waals surface area (Å²) >= 11 is 0. The number of halogens is 4. The van der Waals surface area contributed by atoms with Crippen LogP contribution in [0.4, 0.5) is 17.6 Å². The van der Waals surface area contributed by atoms with Gasteiger partial charge in [0.2, 0.25) is 6.17 Å². The van der Waals surface area contributed by atoms with Crippen molar-refractivity contribution in [3.8, 4) is 0 Å². The predicted octanol–water partition coefficient (Wildman–Crippen LogP) is 3.23. The van der Waals surface area contributed by atoms with Crippen LogP contribution in [0.2, 0.25) is 0 Å². The second-order valence-corrected chi connectivity index (χ2v) is 5.57. The molecule has 0 aromatic heterocycles. The normalized spacial score (nSPS) is 18.4. The standard InChI is InChI=1S/C15H15F4NO3/c16-11(9-3-5-10(6-4-9)15(17,18)19)12(21)20-14(13(22)23)7-1-2-8-14/h3-6,11H,1-2,7-8H2,(H,20,21)(H,22,23). The largest absolute Gasteiger partial charge is 0.480 e. The second-order valence-electron chi connectivity index (χ2n) is 5.57. The second kappa shape index (κ2) is 6.17. The fraction of sp³-hybridized carbons (Fsp3) is 0.467. The number of nitrogens with one attached hydrogen (secondary N) is 1. The van der Waals surface area contributed by atoms with Crippen LogP contribution < -0.4 is 5.32 Å². The van der Waals surface area contributed by atoms with E-state index in [9.17, 15) is 32.3 Å². The highest BCUT2D eigenvalue weighted by Gasteiger charge is 2.44. The molecular weight excluding hydrogens is 318 g/mol. The molecule has 23 heavy (non-hydrogen) atoms. The molecule has 1 atom stereocenters. The average Bonchev–Trinajstić information content (AvgIpc) is 2.95. The molecule has 2 N–H and O–H groups in total. The molecule has 4 nitrogen and oxygen atoms in total. The van der Waals surface area contributed by atoms with E-state index < -0.39 is 35.3 Å². The molecule has 1 amide bonds. The Morgan fingerprint density at radius 2 is 1.65 bits per heavy atom. The summed E-state index contributed by atoms with van der Waals surface area (Å²) in [5, 5.41) is 11.4. The number of aliphatic carboxylic acids is 1. The number of rotatable bonds is 4. The third-order valence-electron chi connectivity index (χ3n) is 3.99. The van der Waals surface area contributed by atoms with Crippen molar-refractivity contribution < 1.29 is 32.3 Å². The molecule has 0 radical (unpaired) electrons. The summed E-state index contributed by atoms with van der Waals surface area (Å²) in [6.45, 7) is 0. The van der Waals surface area contributed by atoms with Gasteiger partial charge in [0.05, 0.1) is 5.56 Å². The van der Waals surface area contributed by atoms with E-state index in [1.54, 1.807) is 0 Å². The van der Waals surface area contributed by atoms with Crippen molar-refractivity contribution >= 4 is 11.9 Å². The van der Waals surface area contributed by atoms with Crippen molar-refractivity contribution in [1.29, 1.82) is 0 Å². The number of hydrogen-bond donors (Lipinski definition) is 2. The Kier molecular flexibility index (Phi) is 4.63. The lowest BCUT2D eigenvalue weighted by Crippen LogP contribution is -2.53. The van der Waals surface area contributed by atoms with Gasteiger partial charge in [0.1, 0.15) is 5.54 Å². The lowest BCUT2D eigenvalue weighted by molar-refractivity contribution is -0.148. The zero-order chi connectivity index (χ0) is 17.3. The van der Waals surface area contributed by atoms with E-state index in [-0.39, 0.29) is 18.4 Å². The minimum atomic E-state index is -4.55. The SMILES string of the molecule is O=C(NC1(C(=O)O)CCCC1)C(F)c1ccc(C(F)(F)F)cc1. The zero-order valence-electron chi connectivity index (χ0n) is 12.0. The lowest BCUT2D eigenvalue weighted by atomic mass is 9.97. The highest BCUT2D eigenvalue weighted by Crippen LogP contribution is 2.32. The minimum absolute atomic E-state index is 0.202. The van der Waals surface area contributed by atoms with E-state index in [2.05, 4.69) is 5.32 Å². The maximum atomic E-state index is 14.2. The fourth-order valence-electron chi connectivity index (χ4n) is 2.66. The van der Waals surface area contributed by atoms with Crippen LogP contribution in [0.5, 0.6) is 0 Å². The molecule has 1 aliphatic carbocycles. The van der Waals surface area contributed by atoms with E-state index in [4.69, 9.17) is 0 Å². The Labute approximate surface area is 129 Å². The Hall–Kier alpha value is -2.12. The first-order chi connectivity index (χ1) is 10.7. The van der Waals surface area contributed by atoms with Crippen molar-refractivity contribution in [3.05, 3.63) is 35.4 Å². The highest BCUT2D eigenvalue weighted by atomic mass is 19.4. The van der Waals surface area contributed by atoms with Gasteiger partial charge in [-0.25, -0.2) is 9.18 Å². The van der Waals surface area contributed by atoms with Gasteiger partial charge in [-0.2, -0.15) is 13.2 Å². The topological polar surface area (TPSA) is 66.4 Å². The fourth-order valence-corrected chi connectivity index (χ4v) is 2.66. The van der Waals surface area contributed by atoms with Crippen molar-refractivity contribution in [3.63, 3.8) is 0 Å². The van der Waals surface area contributed by atoms with Gasteiger partial charge in [0.25, 0.3) is 5.91 Å². The van der Waals surface area contributed by atoms with E-state index in [1.165, 1.54) is 0 Å². The summed E-state index contributed by atoms with van der Waals surface area (Å²) < 4.78 is 51.5. The molecule has 1 unspecified atom stereocenters. The number of benzene rings is 1. The number of carboxylic acids is 1. The van der Waals surface area contributed by atoms with E-state index in [0.717, 1.165) is 12.1 Å². The Morgan fingerprint density at radius 3 is 2.09 bits per heavy atom. The molecule has 8 heteroatoms. The highest BCUT2D eigenvalue weighted by molar-refractivity contribution is 5.89. The van der Waals surface area contributed by atoms with Gasteiger partial charge in [0.15, 0.2) is 0 Å². The molecular formula is C15H15F4NO3. The van der Waals surface area contributed by atoms with Gasteiger partial charge in [-0.3, -0.25) is 4.79 Å². The van der Waals surface area contributed by atoms with Gasteiger partial charge in [-0.05, 0) is 30.5 Å². The molecule has 0 spiro atoms. The first kappa shape index (κ1) is 17.2. The number of carbonyl (C=O) groups excluding carboxylic acids is 1. The first-order valence-corrected chi connectivity index (χ1v) is 7.02. The molecule has 0 saturated heterocycles. The van der Waals surface area contributed by atoms with Crippen LogP contribution in [-0.2, 0) is 15.8 Å². The van der Waals surface area contributed by atoms with Gasteiger partial charge in [0, 0.05) is 0 Å². The summed E-state index contributed by atoms with van der Waals surface area (Å²) in [7, 11) is 0. The molecule has 2 rings (SSSR count). The Morgan fingerprint density at radius 1 is 1.13 bits per heavy atom. The molecule has 0 heterocycles. The molecule has 1 aliphatic rings. The molecule has 0 aliphatic heterocycles. The van der Waals surface area contributed by atoms with Crippen LogP contribution in [0.3, 0.4) is 0 Å². The maximum absolute atomic E-state index is 14.2. The van der Waals surface area contributed by atoms with Crippen LogP contribution in [0.15, 0.2) is 24.3 Å². The monoisotopic (exact) mass is 333 g/mol. The van der Waals surface area contributed by atoms with Crippen molar-refractivity contribution in [2.75, 3.05) is 0 Å². The van der Waals surface area contributed by atoms with Crippen LogP contribution in [0, 0.1) is 0 Å². The van der Waals surface area contributed by atoms with E-state index in [1.807, 2.05) is 0 Å². The molecule has 126 valence electrons. The van der Waals surface area contributed by atoms with Crippen LogP contribution in [0.1, 0.15) is 43.0 Å². The van der Waals surface area contributed by atoms with Gasteiger partial charge >= 0.3 is 12.1 Å². The zero-order valence-corrected chi connectivity index (χ0v) is 12.0. The van der Waals surface area contributed by atoms with Gasteiger partial charge in [-0.1, -0.05) is 25.0 Å². The Bertz CT molecular complexity index is 592. The van der Waals surface area contributed by atoms with Crippen molar-refractivity contribution in [1.82, 2.24) is 5.32 Å². The van der Waals surface area contributed by atoms with Gasteiger partial charge in [-0.15, -0.1) is 0 Å². The Balaban J connectivity index is 2.12. The molecule has 1 saturated carbocycles. The molecule has 0 bridgehead atoms. The number of alkyl halides is 4. The predicted molar refractivity (Wildman–Crippen MR) is 72.3 cm³/mol. The third-order valence-corrected chi connectivity index (χ3v) is 3.99. The molecule has 1 fully saturated rings. The van der Waals surface area contributed by atoms with Crippen LogP contribution in [-0.4, -0.2) is 22.5 Å². The summed E-state index contributed by atoms with van der Waals surface area (Å²) in [5.74, 6) is -2.39. The summed E-state index contributed by atoms with van der Waals surface area (Å²) in [5.41, 5.74) is -2.70. The quantitative estimate of drug-likeness (QED) is 0.832. The first-order valence-electron chi connectivity index (χ1n) is 7.02. The van der Waals surface area contributed by atoms with Crippen molar-refractivity contribution in [2.24, 2.45) is 0 Å². The van der Waals surface area contributed by atoms with Crippen LogP contribution in [0.25, 0.3) is 0 Å².